The molecule has 4 atom stereocenters. The van der Waals surface area contributed by atoms with Gasteiger partial charge in [-0.15, -0.1) is 0 Å². The minimum atomic E-state index is -2.93. The average molecular weight is 732 g/mol. The van der Waals surface area contributed by atoms with Gasteiger partial charge in [0, 0.05) is 6.04 Å². The quantitative estimate of drug-likeness (QED) is 0.129. The van der Waals surface area contributed by atoms with Gasteiger partial charge >= 0.3 is 7.12 Å². The van der Waals surface area contributed by atoms with Crippen molar-refractivity contribution in [2.75, 3.05) is 6.61 Å². The number of carbonyl (C=O) groups is 2. The van der Waals surface area contributed by atoms with E-state index in [2.05, 4.69) is 82.3 Å². The van der Waals surface area contributed by atoms with E-state index in [1.165, 1.54) is 10.4 Å². The number of hydrogen-bond donors (Lipinski definition) is 2. The number of fused-ring (bicyclic) bond motifs is 3. The van der Waals surface area contributed by atoms with Crippen molar-refractivity contribution in [1.29, 1.82) is 0 Å². The first-order chi connectivity index (χ1) is 25.5. The summed E-state index contributed by atoms with van der Waals surface area (Å²) in [4.78, 5) is 30.5. The predicted molar refractivity (Wildman–Crippen MR) is 213 cm³/mol. The topological polar surface area (TPSA) is 96.3 Å². The molecule has 0 bridgehead atoms. The summed E-state index contributed by atoms with van der Waals surface area (Å²) in [5.74, 6) is -1.13. The first kappa shape index (κ1) is 37.6. The SMILES string of the molecule is C/C(=C\c1ccc(O)cc1)CC[C@H]1OB(O)C[C@H]2C1=C(CO[Si](c1ccccc1)(c1ccccc1)C(C)(C)C)C[C@H]1C(=O)N(C3CCCCC3)C(=O)[C@H]12. The molecule has 1 saturated carbocycles. The maximum Gasteiger partial charge on any atom is 0.455 e. The molecule has 2 saturated heterocycles. The third-order valence-corrected chi connectivity index (χ3v) is 17.3. The molecule has 3 aromatic rings. The zero-order chi connectivity index (χ0) is 37.3. The van der Waals surface area contributed by atoms with Crippen LogP contribution >= 0.6 is 0 Å². The van der Waals surface area contributed by atoms with Gasteiger partial charge in [0.15, 0.2) is 0 Å². The van der Waals surface area contributed by atoms with Crippen LogP contribution in [0, 0.1) is 17.8 Å². The molecule has 0 aromatic heterocycles. The van der Waals surface area contributed by atoms with Crippen molar-refractivity contribution in [3.63, 3.8) is 0 Å². The van der Waals surface area contributed by atoms with Crippen LogP contribution in [-0.2, 0) is 18.7 Å². The Kier molecular flexibility index (Phi) is 11.0. The number of carbonyl (C=O) groups excluding carboxylic acids is 2. The Bertz CT molecular complexity index is 1790. The molecule has 2 aliphatic carbocycles. The van der Waals surface area contributed by atoms with E-state index in [0.29, 0.717) is 25.9 Å². The summed E-state index contributed by atoms with van der Waals surface area (Å²) in [5.41, 5.74) is 4.25. The molecule has 0 unspecified atom stereocenters. The van der Waals surface area contributed by atoms with E-state index < -0.39 is 33.4 Å². The predicted octanol–water partition coefficient (Wildman–Crippen LogP) is 7.28. The van der Waals surface area contributed by atoms with E-state index in [1.807, 2.05) is 24.3 Å². The Hall–Kier alpha value is -3.76. The molecular formula is C44H54BNO6Si. The lowest BCUT2D eigenvalue weighted by molar-refractivity contribution is -0.143. The number of rotatable bonds is 10. The molecule has 9 heteroatoms. The number of phenolic OH excluding ortho intramolecular Hbond substituents is 1. The van der Waals surface area contributed by atoms with Crippen molar-refractivity contribution in [3.8, 4) is 5.75 Å². The van der Waals surface area contributed by atoms with Gasteiger partial charge < -0.3 is 19.2 Å². The van der Waals surface area contributed by atoms with Crippen LogP contribution in [0.3, 0.4) is 0 Å². The van der Waals surface area contributed by atoms with Crippen molar-refractivity contribution < 1.29 is 28.8 Å². The lowest BCUT2D eigenvalue weighted by Crippen LogP contribution is -2.66. The number of nitrogens with zero attached hydrogens (tertiary/aromatic N) is 1. The zero-order valence-corrected chi connectivity index (χ0v) is 32.7. The molecule has 0 spiro atoms. The summed E-state index contributed by atoms with van der Waals surface area (Å²) in [6, 6.07) is 28.3. The number of allylic oxidation sites excluding steroid dienone is 1. The van der Waals surface area contributed by atoms with Gasteiger partial charge in [0.2, 0.25) is 11.8 Å². The molecule has 2 aliphatic heterocycles. The van der Waals surface area contributed by atoms with Gasteiger partial charge in [-0.05, 0) is 95.5 Å². The van der Waals surface area contributed by atoms with E-state index >= 15 is 0 Å². The first-order valence-corrected chi connectivity index (χ1v) is 21.5. The second kappa shape index (κ2) is 15.5. The van der Waals surface area contributed by atoms with E-state index in [4.69, 9.17) is 9.08 Å². The third kappa shape index (κ3) is 7.38. The van der Waals surface area contributed by atoms with Gasteiger partial charge in [-0.2, -0.15) is 0 Å². The molecule has 3 fully saturated rings. The molecule has 2 heterocycles. The molecule has 0 radical (unpaired) electrons. The largest absolute Gasteiger partial charge is 0.508 e. The number of aromatic hydroxyl groups is 1. The second-order valence-electron chi connectivity index (χ2n) is 16.7. The van der Waals surface area contributed by atoms with Crippen molar-refractivity contribution in [2.24, 2.45) is 17.8 Å². The van der Waals surface area contributed by atoms with Gasteiger partial charge in [-0.25, -0.2) is 0 Å². The maximum absolute atomic E-state index is 14.4. The normalized spacial score (nSPS) is 24.4. The van der Waals surface area contributed by atoms with Gasteiger partial charge in [0.25, 0.3) is 8.32 Å². The fourth-order valence-electron chi connectivity index (χ4n) is 9.86. The highest BCUT2D eigenvalue weighted by atomic mass is 28.4. The summed E-state index contributed by atoms with van der Waals surface area (Å²) in [7, 11) is -3.96. The van der Waals surface area contributed by atoms with Crippen LogP contribution < -0.4 is 10.4 Å². The van der Waals surface area contributed by atoms with Crippen molar-refractivity contribution in [3.05, 3.63) is 107 Å². The van der Waals surface area contributed by atoms with Gasteiger partial charge in [-0.3, -0.25) is 14.5 Å². The van der Waals surface area contributed by atoms with Gasteiger partial charge in [0.1, 0.15) is 5.75 Å². The minimum Gasteiger partial charge on any atom is -0.508 e. The van der Waals surface area contributed by atoms with E-state index in [0.717, 1.165) is 54.4 Å². The summed E-state index contributed by atoms with van der Waals surface area (Å²) < 4.78 is 13.9. The highest BCUT2D eigenvalue weighted by Crippen LogP contribution is 2.52. The third-order valence-electron chi connectivity index (χ3n) is 12.3. The summed E-state index contributed by atoms with van der Waals surface area (Å²) in [6.07, 6.45) is 8.72. The number of likely N-dealkylation sites (tertiary alicyclic amines) is 1. The number of amides is 2. The van der Waals surface area contributed by atoms with Gasteiger partial charge in [-0.1, -0.05) is 124 Å². The Morgan fingerprint density at radius 2 is 1.53 bits per heavy atom. The smallest absolute Gasteiger partial charge is 0.455 e. The van der Waals surface area contributed by atoms with E-state index in [-0.39, 0.29) is 40.9 Å². The molecule has 53 heavy (non-hydrogen) atoms. The van der Waals surface area contributed by atoms with Crippen LogP contribution in [0.5, 0.6) is 5.75 Å². The molecule has 278 valence electrons. The molecule has 2 amide bonds. The van der Waals surface area contributed by atoms with E-state index in [9.17, 15) is 19.7 Å². The molecule has 3 aromatic carbocycles. The van der Waals surface area contributed by atoms with Crippen molar-refractivity contribution >= 4 is 43.7 Å². The van der Waals surface area contributed by atoms with Crippen molar-refractivity contribution in [1.82, 2.24) is 4.90 Å². The van der Waals surface area contributed by atoms with Crippen LogP contribution in [0.4, 0.5) is 0 Å². The lowest BCUT2D eigenvalue weighted by atomic mass is 9.58. The number of hydrogen-bond acceptors (Lipinski definition) is 6. The first-order valence-electron chi connectivity index (χ1n) is 19.6. The average Bonchev–Trinajstić information content (AvgIpc) is 3.40. The molecule has 7 rings (SSSR count). The highest BCUT2D eigenvalue weighted by Gasteiger charge is 2.59. The summed E-state index contributed by atoms with van der Waals surface area (Å²) >= 11 is 0. The van der Waals surface area contributed by atoms with Crippen LogP contribution in [0.15, 0.2) is 102 Å². The molecular weight excluding hydrogens is 677 g/mol. The Morgan fingerprint density at radius 1 is 0.906 bits per heavy atom. The fourth-order valence-corrected chi connectivity index (χ4v) is 14.4. The van der Waals surface area contributed by atoms with Gasteiger partial charge in [0.05, 0.1) is 24.5 Å². The fraction of sp³-hybridized carbons (Fsp3) is 0.455. The van der Waals surface area contributed by atoms with Crippen LogP contribution in [0.2, 0.25) is 11.4 Å². The maximum atomic E-state index is 14.4. The van der Waals surface area contributed by atoms with Crippen LogP contribution in [-0.4, -0.2) is 61.0 Å². The summed E-state index contributed by atoms with van der Waals surface area (Å²) in [5, 5.41) is 23.2. The Labute approximate surface area is 316 Å². The van der Waals surface area contributed by atoms with Crippen LogP contribution in [0.25, 0.3) is 6.08 Å². The number of benzene rings is 3. The zero-order valence-electron chi connectivity index (χ0n) is 31.7. The minimum absolute atomic E-state index is 0.0390. The van der Waals surface area contributed by atoms with E-state index in [1.54, 1.807) is 17.0 Å². The molecule has 4 aliphatic rings. The number of imide groups is 1. The second-order valence-corrected chi connectivity index (χ2v) is 21.0. The lowest BCUT2D eigenvalue weighted by Gasteiger charge is -2.46. The number of phenols is 1. The Balaban J connectivity index is 1.28. The molecule has 7 nitrogen and oxygen atoms in total. The van der Waals surface area contributed by atoms with Crippen molar-refractivity contribution in [2.45, 2.75) is 103 Å². The highest BCUT2D eigenvalue weighted by molar-refractivity contribution is 6.99. The monoisotopic (exact) mass is 731 g/mol. The Morgan fingerprint density at radius 3 is 2.13 bits per heavy atom. The molecule has 2 N–H and O–H groups in total. The summed E-state index contributed by atoms with van der Waals surface area (Å²) in [6.45, 7) is 9.22. The van der Waals surface area contributed by atoms with Crippen LogP contribution in [0.1, 0.15) is 84.6 Å². The standard InChI is InChI=1S/C44H54BNO6Si/c1-30(26-31-21-23-34(47)24-22-31)20-25-39-40-32(29-51-53(44(2,3)4,35-16-10-6-11-17-35)36-18-12-7-13-19-36)27-37-41(38(40)28-45(50)52-39)43(49)46(42(37)48)33-14-8-5-9-15-33/h6-7,10-13,16-19,21-24,26,33,37-39,41,47,50H,5,8-9,14-15,20,25,27-29H2,1-4H3/b30-26+/t37-,38+,39-,41-/m1/s1.